The van der Waals surface area contributed by atoms with Crippen molar-refractivity contribution in [3.05, 3.63) is 46.4 Å². The molecule has 1 heterocycles. The van der Waals surface area contributed by atoms with Crippen LogP contribution in [-0.4, -0.2) is 16.1 Å². The second-order valence-corrected chi connectivity index (χ2v) is 4.14. The fraction of sp³-hybridized carbons (Fsp3) is 0.167. The van der Waals surface area contributed by atoms with Crippen LogP contribution in [0.2, 0.25) is 5.02 Å². The molecular weight excluding hydrogens is 257 g/mol. The summed E-state index contributed by atoms with van der Waals surface area (Å²) in [7, 11) is 0. The van der Waals surface area contributed by atoms with Crippen LogP contribution in [0, 0.1) is 5.82 Å². The third-order valence-electron chi connectivity index (χ3n) is 2.51. The highest BCUT2D eigenvalue weighted by Gasteiger charge is 2.14. The molecule has 0 unspecified atom stereocenters. The van der Waals surface area contributed by atoms with Gasteiger partial charge in [-0.25, -0.2) is 4.39 Å². The topological polar surface area (TPSA) is 57.8 Å². The summed E-state index contributed by atoms with van der Waals surface area (Å²) in [6.07, 6.45) is 2.33. The summed E-state index contributed by atoms with van der Waals surface area (Å²) in [4.78, 5) is 11.9. The number of H-pyrrole nitrogens is 1. The molecule has 0 aliphatic carbocycles. The number of hydrogen-bond donors (Lipinski definition) is 2. The van der Waals surface area contributed by atoms with Gasteiger partial charge in [0.05, 0.1) is 11.8 Å². The highest BCUT2D eigenvalue weighted by molar-refractivity contribution is 6.31. The molecule has 2 N–H and O–H groups in total. The van der Waals surface area contributed by atoms with Gasteiger partial charge < -0.3 is 5.32 Å². The lowest BCUT2D eigenvalue weighted by molar-refractivity contribution is 0.102. The molecule has 0 aliphatic heterocycles. The van der Waals surface area contributed by atoms with Gasteiger partial charge in [0.2, 0.25) is 0 Å². The van der Waals surface area contributed by atoms with Crippen LogP contribution in [0.3, 0.4) is 0 Å². The van der Waals surface area contributed by atoms with Crippen LogP contribution in [0.15, 0.2) is 24.4 Å². The quantitative estimate of drug-likeness (QED) is 0.898. The average Bonchev–Trinajstić information content (AvgIpc) is 2.79. The van der Waals surface area contributed by atoms with E-state index < -0.39 is 11.7 Å². The molecule has 0 bridgehead atoms. The van der Waals surface area contributed by atoms with Crippen LogP contribution in [0.1, 0.15) is 22.8 Å². The van der Waals surface area contributed by atoms with E-state index in [2.05, 4.69) is 15.5 Å². The number of anilines is 1. The summed E-state index contributed by atoms with van der Waals surface area (Å²) in [6.45, 7) is 1.93. The van der Waals surface area contributed by atoms with Crippen LogP contribution in [0.4, 0.5) is 10.2 Å². The molecule has 0 radical (unpaired) electrons. The van der Waals surface area contributed by atoms with Crippen LogP contribution >= 0.6 is 11.6 Å². The number of aromatic nitrogens is 2. The van der Waals surface area contributed by atoms with E-state index in [0.717, 1.165) is 11.6 Å². The number of nitrogens with zero attached hydrogens (tertiary/aromatic N) is 1. The van der Waals surface area contributed by atoms with Gasteiger partial charge in [0.1, 0.15) is 11.6 Å². The third-order valence-corrected chi connectivity index (χ3v) is 2.75. The number of nitrogens with one attached hydrogen (secondary N) is 2. The van der Waals surface area contributed by atoms with Crippen LogP contribution in [0.25, 0.3) is 0 Å². The second-order valence-electron chi connectivity index (χ2n) is 3.70. The van der Waals surface area contributed by atoms with E-state index in [4.69, 9.17) is 11.6 Å². The van der Waals surface area contributed by atoms with Gasteiger partial charge in [-0.05, 0) is 24.6 Å². The predicted molar refractivity (Wildman–Crippen MR) is 67.3 cm³/mol. The Labute approximate surface area is 108 Å². The summed E-state index contributed by atoms with van der Waals surface area (Å²) in [5, 5.41) is 9.35. The summed E-state index contributed by atoms with van der Waals surface area (Å²) in [5.74, 6) is -0.703. The Morgan fingerprint density at radius 1 is 1.56 bits per heavy atom. The monoisotopic (exact) mass is 267 g/mol. The molecule has 94 valence electrons. The van der Waals surface area contributed by atoms with Gasteiger partial charge in [-0.15, -0.1) is 0 Å². The maximum atomic E-state index is 13.5. The number of carbonyl (C=O) groups excluding carboxylic acids is 1. The molecule has 4 nitrogen and oxygen atoms in total. The fourth-order valence-corrected chi connectivity index (χ4v) is 1.71. The van der Waals surface area contributed by atoms with Crippen molar-refractivity contribution >= 4 is 23.3 Å². The zero-order chi connectivity index (χ0) is 13.1. The summed E-state index contributed by atoms with van der Waals surface area (Å²) in [6, 6.07) is 3.83. The number of halogens is 2. The van der Waals surface area contributed by atoms with Gasteiger partial charge in [-0.3, -0.25) is 9.89 Å². The second kappa shape index (κ2) is 5.18. The minimum Gasteiger partial charge on any atom is -0.307 e. The standard InChI is InChI=1S/C12H11ClFN3O/c1-2-7-6-15-17-11(7)16-12(18)9-5-8(13)3-4-10(9)14/h3-6H,2H2,1H3,(H2,15,16,17,18). The van der Waals surface area contributed by atoms with E-state index in [-0.39, 0.29) is 5.56 Å². The zero-order valence-electron chi connectivity index (χ0n) is 9.63. The molecule has 2 aromatic rings. The molecular formula is C12H11ClFN3O. The molecule has 1 amide bonds. The normalized spacial score (nSPS) is 10.4. The van der Waals surface area contributed by atoms with E-state index in [0.29, 0.717) is 17.3 Å². The van der Waals surface area contributed by atoms with Crippen molar-refractivity contribution in [3.8, 4) is 0 Å². The lowest BCUT2D eigenvalue weighted by atomic mass is 10.2. The van der Waals surface area contributed by atoms with E-state index in [1.165, 1.54) is 12.1 Å². The fourth-order valence-electron chi connectivity index (χ4n) is 1.54. The lowest BCUT2D eigenvalue weighted by Gasteiger charge is -2.06. The molecule has 0 atom stereocenters. The Bertz CT molecular complexity index is 582. The molecule has 0 aliphatic rings. The Hall–Kier alpha value is -1.88. The first-order chi connectivity index (χ1) is 8.61. The Balaban J connectivity index is 2.25. The molecule has 1 aromatic heterocycles. The highest BCUT2D eigenvalue weighted by atomic mass is 35.5. The minimum absolute atomic E-state index is 0.0980. The van der Waals surface area contributed by atoms with Crippen molar-refractivity contribution in [3.63, 3.8) is 0 Å². The molecule has 2 rings (SSSR count). The zero-order valence-corrected chi connectivity index (χ0v) is 10.4. The number of benzene rings is 1. The van der Waals surface area contributed by atoms with Gasteiger partial charge in [-0.2, -0.15) is 5.10 Å². The van der Waals surface area contributed by atoms with Crippen LogP contribution in [-0.2, 0) is 6.42 Å². The number of hydrogen-bond acceptors (Lipinski definition) is 2. The van der Waals surface area contributed by atoms with Gasteiger partial charge in [0.15, 0.2) is 0 Å². The first kappa shape index (κ1) is 12.6. The Morgan fingerprint density at radius 3 is 3.06 bits per heavy atom. The number of carbonyl (C=O) groups is 1. The van der Waals surface area contributed by atoms with E-state index in [1.54, 1.807) is 6.20 Å². The Morgan fingerprint density at radius 2 is 2.33 bits per heavy atom. The number of rotatable bonds is 3. The number of aryl methyl sites for hydroxylation is 1. The molecule has 0 fully saturated rings. The molecule has 0 saturated heterocycles. The first-order valence-corrected chi connectivity index (χ1v) is 5.78. The predicted octanol–water partition coefficient (Wildman–Crippen LogP) is 3.02. The SMILES string of the molecule is CCc1cn[nH]c1NC(=O)c1cc(Cl)ccc1F. The molecule has 6 heteroatoms. The van der Waals surface area contributed by atoms with E-state index in [1.807, 2.05) is 6.92 Å². The smallest absolute Gasteiger partial charge is 0.259 e. The van der Waals surface area contributed by atoms with Crippen molar-refractivity contribution in [2.24, 2.45) is 0 Å². The van der Waals surface area contributed by atoms with Crippen molar-refractivity contribution in [2.45, 2.75) is 13.3 Å². The van der Waals surface area contributed by atoms with Crippen molar-refractivity contribution in [2.75, 3.05) is 5.32 Å². The number of aromatic amines is 1. The van der Waals surface area contributed by atoms with Crippen molar-refractivity contribution in [1.82, 2.24) is 10.2 Å². The molecule has 18 heavy (non-hydrogen) atoms. The number of amides is 1. The average molecular weight is 268 g/mol. The van der Waals surface area contributed by atoms with Crippen LogP contribution in [0.5, 0.6) is 0 Å². The largest absolute Gasteiger partial charge is 0.307 e. The minimum atomic E-state index is -0.616. The molecule has 0 spiro atoms. The van der Waals surface area contributed by atoms with Gasteiger partial charge in [0.25, 0.3) is 5.91 Å². The maximum Gasteiger partial charge on any atom is 0.259 e. The van der Waals surface area contributed by atoms with E-state index >= 15 is 0 Å². The van der Waals surface area contributed by atoms with Crippen molar-refractivity contribution < 1.29 is 9.18 Å². The van der Waals surface area contributed by atoms with Gasteiger partial charge in [0, 0.05) is 10.6 Å². The Kier molecular flexibility index (Phi) is 3.62. The summed E-state index contributed by atoms with van der Waals surface area (Å²) < 4.78 is 13.5. The summed E-state index contributed by atoms with van der Waals surface area (Å²) in [5.41, 5.74) is 0.755. The highest BCUT2D eigenvalue weighted by Crippen LogP contribution is 2.17. The van der Waals surface area contributed by atoms with Gasteiger partial charge in [-0.1, -0.05) is 18.5 Å². The van der Waals surface area contributed by atoms with E-state index in [9.17, 15) is 9.18 Å². The lowest BCUT2D eigenvalue weighted by Crippen LogP contribution is -2.15. The van der Waals surface area contributed by atoms with Gasteiger partial charge >= 0.3 is 0 Å². The third kappa shape index (κ3) is 2.51. The first-order valence-electron chi connectivity index (χ1n) is 5.40. The summed E-state index contributed by atoms with van der Waals surface area (Å²) >= 11 is 5.73. The van der Waals surface area contributed by atoms with Crippen molar-refractivity contribution in [1.29, 1.82) is 0 Å². The maximum absolute atomic E-state index is 13.5. The molecule has 0 saturated carbocycles. The molecule has 1 aromatic carbocycles. The van der Waals surface area contributed by atoms with Crippen LogP contribution < -0.4 is 5.32 Å².